The van der Waals surface area contributed by atoms with E-state index < -0.39 is 11.2 Å². The minimum Gasteiger partial charge on any atom is -0.355 e. The van der Waals surface area contributed by atoms with Crippen LogP contribution in [0.2, 0.25) is 0 Å². The van der Waals surface area contributed by atoms with Gasteiger partial charge in [-0.25, -0.2) is 14.4 Å². The van der Waals surface area contributed by atoms with E-state index in [1.807, 2.05) is 23.4 Å². The van der Waals surface area contributed by atoms with Crippen molar-refractivity contribution in [3.05, 3.63) is 65.2 Å². The zero-order chi connectivity index (χ0) is 36.6. The number of pyridine rings is 1. The van der Waals surface area contributed by atoms with Crippen LogP contribution in [0, 0.1) is 12.7 Å². The second kappa shape index (κ2) is 12.9. The van der Waals surface area contributed by atoms with Crippen molar-refractivity contribution in [3.63, 3.8) is 0 Å². The Morgan fingerprint density at radius 3 is 2.40 bits per heavy atom. The number of aryl methyl sites for hydroxylation is 1. The molecule has 1 spiro atoms. The third kappa shape index (κ3) is 5.68. The van der Waals surface area contributed by atoms with Crippen LogP contribution < -0.4 is 15.5 Å². The van der Waals surface area contributed by atoms with E-state index in [-0.39, 0.29) is 29.5 Å². The lowest BCUT2D eigenvalue weighted by molar-refractivity contribution is -0.134. The second-order valence-corrected chi connectivity index (χ2v) is 15.8. The van der Waals surface area contributed by atoms with E-state index in [1.54, 1.807) is 20.9 Å². The Kier molecular flexibility index (Phi) is 8.28. The van der Waals surface area contributed by atoms with Gasteiger partial charge in [0.2, 0.25) is 11.8 Å². The third-order valence-corrected chi connectivity index (χ3v) is 12.7. The van der Waals surface area contributed by atoms with Crippen molar-refractivity contribution in [3.8, 4) is 11.3 Å². The number of carbonyl (C=O) groups is 3. The average Bonchev–Trinajstić information content (AvgIpc) is 3.86. The molecule has 4 aromatic rings. The zero-order valence-electron chi connectivity index (χ0n) is 30.8. The van der Waals surface area contributed by atoms with Crippen molar-refractivity contribution in [2.24, 2.45) is 0 Å². The number of hydrogen-bond acceptors (Lipinski definition) is 7. The molecule has 2 aliphatic carbocycles. The lowest BCUT2D eigenvalue weighted by atomic mass is 9.73. The van der Waals surface area contributed by atoms with Gasteiger partial charge in [-0.2, -0.15) is 0 Å². The summed E-state index contributed by atoms with van der Waals surface area (Å²) in [5.41, 5.74) is 5.40. The standard InChI is InChI=1S/C41H47FN8O3/c1-24-17-32(42)34(21-30(24)39(52)43-3)46-38-37-35(44-23-49(37)27-8-9-27)22-33(45-38)26-7-10-31-36(18-26)50(29-19-28(20-29)48-13-5-4-6-14-48)40(53)41(31)11-15-47(16-12-41)25(2)51/h7,10,17-18,21-23,27-29H,4-6,8-9,11-16,19-20H2,1-3H3,(H,43,52)(H,45,46). The topological polar surface area (TPSA) is 116 Å². The van der Waals surface area contributed by atoms with Crippen molar-refractivity contribution in [1.29, 1.82) is 0 Å². The second-order valence-electron chi connectivity index (χ2n) is 15.8. The lowest BCUT2D eigenvalue weighted by Gasteiger charge is -2.48. The number of imidazole rings is 1. The number of amides is 3. The maximum Gasteiger partial charge on any atom is 0.251 e. The molecule has 2 aromatic carbocycles. The molecule has 11 nitrogen and oxygen atoms in total. The summed E-state index contributed by atoms with van der Waals surface area (Å²) >= 11 is 0. The summed E-state index contributed by atoms with van der Waals surface area (Å²) < 4.78 is 17.6. The minimum atomic E-state index is -0.658. The number of nitrogens with one attached hydrogen (secondary N) is 2. The Bertz CT molecular complexity index is 2140. The molecule has 5 heterocycles. The number of halogens is 1. The van der Waals surface area contributed by atoms with Crippen molar-refractivity contribution in [2.75, 3.05) is 43.4 Å². The molecule has 5 aliphatic rings. The molecule has 276 valence electrons. The highest BCUT2D eigenvalue weighted by molar-refractivity contribution is 6.09. The Labute approximate surface area is 308 Å². The van der Waals surface area contributed by atoms with Crippen molar-refractivity contribution < 1.29 is 18.8 Å². The minimum absolute atomic E-state index is 0.0477. The molecule has 0 unspecified atom stereocenters. The maximum absolute atomic E-state index is 15.5. The average molecular weight is 719 g/mol. The number of anilines is 3. The SMILES string of the molecule is CNC(=O)c1cc(Nc2nc(-c3ccc4c(c3)N(C3CC(N5CCCCC5)C3)C(=O)C43CCN(C(C)=O)CC3)cc3ncn(C4CC4)c23)c(F)cc1C. The molecule has 2 saturated carbocycles. The normalized spacial score (nSPS) is 22.6. The van der Waals surface area contributed by atoms with Gasteiger partial charge in [0.05, 0.1) is 28.6 Å². The molecular formula is C41H47FN8O3. The molecule has 0 radical (unpaired) electrons. The molecule has 9 rings (SSSR count). The zero-order valence-corrected chi connectivity index (χ0v) is 30.8. The predicted molar refractivity (Wildman–Crippen MR) is 202 cm³/mol. The number of benzene rings is 2. The van der Waals surface area contributed by atoms with E-state index in [4.69, 9.17) is 9.97 Å². The Morgan fingerprint density at radius 1 is 0.943 bits per heavy atom. The molecule has 0 atom stereocenters. The van der Waals surface area contributed by atoms with Crippen molar-refractivity contribution in [1.82, 2.24) is 29.7 Å². The predicted octanol–water partition coefficient (Wildman–Crippen LogP) is 6.23. The van der Waals surface area contributed by atoms with E-state index in [0.717, 1.165) is 66.6 Å². The van der Waals surface area contributed by atoms with Crippen LogP contribution in [0.25, 0.3) is 22.3 Å². The first-order valence-corrected chi connectivity index (χ1v) is 19.3. The van der Waals surface area contributed by atoms with Gasteiger partial charge in [0.1, 0.15) is 11.3 Å². The van der Waals surface area contributed by atoms with E-state index in [9.17, 15) is 14.4 Å². The highest BCUT2D eigenvalue weighted by Gasteiger charge is 2.55. The van der Waals surface area contributed by atoms with Gasteiger partial charge >= 0.3 is 0 Å². The fraction of sp³-hybridized carbons (Fsp3) is 0.488. The largest absolute Gasteiger partial charge is 0.355 e. The first kappa shape index (κ1) is 34.0. The van der Waals surface area contributed by atoms with Gasteiger partial charge in [-0.3, -0.25) is 14.4 Å². The number of aromatic nitrogens is 3. The van der Waals surface area contributed by atoms with E-state index >= 15 is 4.39 Å². The van der Waals surface area contributed by atoms with Gasteiger partial charge in [0.15, 0.2) is 5.82 Å². The molecule has 3 aliphatic heterocycles. The van der Waals surface area contributed by atoms with Crippen LogP contribution in [0.4, 0.5) is 21.6 Å². The van der Waals surface area contributed by atoms with Gasteiger partial charge in [0.25, 0.3) is 5.91 Å². The summed E-state index contributed by atoms with van der Waals surface area (Å²) in [7, 11) is 1.56. The number of carbonyl (C=O) groups excluding carboxylic acids is 3. The van der Waals surface area contributed by atoms with Crippen LogP contribution in [-0.4, -0.2) is 87.4 Å². The van der Waals surface area contributed by atoms with Crippen LogP contribution in [0.5, 0.6) is 0 Å². The lowest BCUT2D eigenvalue weighted by Crippen LogP contribution is -2.58. The highest BCUT2D eigenvalue weighted by atomic mass is 19.1. The number of likely N-dealkylation sites (tertiary alicyclic amines) is 2. The molecule has 3 amide bonds. The van der Waals surface area contributed by atoms with Crippen LogP contribution in [0.15, 0.2) is 42.7 Å². The van der Waals surface area contributed by atoms with Gasteiger partial charge in [-0.1, -0.05) is 18.6 Å². The Balaban J connectivity index is 1.11. The van der Waals surface area contributed by atoms with Gasteiger partial charge < -0.3 is 29.9 Å². The van der Waals surface area contributed by atoms with Crippen molar-refractivity contribution in [2.45, 2.75) is 95.2 Å². The maximum atomic E-state index is 15.5. The summed E-state index contributed by atoms with van der Waals surface area (Å²) in [6.07, 6.45) is 10.8. The Morgan fingerprint density at radius 2 is 1.70 bits per heavy atom. The number of nitrogens with zero attached hydrogens (tertiary/aromatic N) is 6. The molecule has 2 N–H and O–H groups in total. The summed E-state index contributed by atoms with van der Waals surface area (Å²) in [4.78, 5) is 56.1. The molecule has 4 fully saturated rings. The summed E-state index contributed by atoms with van der Waals surface area (Å²) in [6, 6.07) is 12.1. The quantitative estimate of drug-likeness (QED) is 0.233. The van der Waals surface area contributed by atoms with Crippen LogP contribution >= 0.6 is 0 Å². The van der Waals surface area contributed by atoms with Crippen LogP contribution in [0.3, 0.4) is 0 Å². The molecule has 0 bridgehead atoms. The number of fused-ring (bicyclic) bond motifs is 3. The smallest absolute Gasteiger partial charge is 0.251 e. The Hall–Kier alpha value is -4.84. The first-order valence-electron chi connectivity index (χ1n) is 19.3. The highest BCUT2D eigenvalue weighted by Crippen LogP contribution is 2.52. The molecular weight excluding hydrogens is 672 g/mol. The summed E-state index contributed by atoms with van der Waals surface area (Å²) in [5.74, 6) is -0.116. The fourth-order valence-corrected chi connectivity index (χ4v) is 9.35. The van der Waals surface area contributed by atoms with Gasteiger partial charge in [-0.05, 0) is 107 Å². The molecule has 12 heteroatoms. The monoisotopic (exact) mass is 718 g/mol. The van der Waals surface area contributed by atoms with Gasteiger partial charge in [0, 0.05) is 62.0 Å². The van der Waals surface area contributed by atoms with Crippen LogP contribution in [0.1, 0.15) is 92.2 Å². The van der Waals surface area contributed by atoms with E-state index in [2.05, 4.69) is 37.1 Å². The number of piperidine rings is 2. The van der Waals surface area contributed by atoms with E-state index in [0.29, 0.717) is 60.7 Å². The summed E-state index contributed by atoms with van der Waals surface area (Å²) in [6.45, 7) is 6.71. The van der Waals surface area contributed by atoms with Crippen molar-refractivity contribution >= 4 is 45.9 Å². The fourth-order valence-electron chi connectivity index (χ4n) is 9.35. The van der Waals surface area contributed by atoms with E-state index in [1.165, 1.54) is 31.4 Å². The first-order chi connectivity index (χ1) is 25.6. The summed E-state index contributed by atoms with van der Waals surface area (Å²) in [5, 5.41) is 5.90. The molecule has 2 saturated heterocycles. The van der Waals surface area contributed by atoms with Crippen LogP contribution in [-0.2, 0) is 15.0 Å². The third-order valence-electron chi connectivity index (χ3n) is 12.7. The molecule has 53 heavy (non-hydrogen) atoms. The molecule has 2 aromatic heterocycles. The van der Waals surface area contributed by atoms with Gasteiger partial charge in [-0.15, -0.1) is 0 Å². The number of hydrogen-bond donors (Lipinski definition) is 2. The number of rotatable bonds is 7.